The number of hydrazone groups is 1. The Kier molecular flexibility index (Phi) is 8.47. The van der Waals surface area contributed by atoms with E-state index in [0.29, 0.717) is 15.6 Å². The van der Waals surface area contributed by atoms with Crippen LogP contribution in [-0.2, 0) is 4.79 Å². The molecule has 0 aliphatic carbocycles. The number of hydrogen-bond donors (Lipinski definition) is 2. The van der Waals surface area contributed by atoms with E-state index < -0.39 is 23.6 Å². The maximum Gasteiger partial charge on any atom is 0.344 e. The van der Waals surface area contributed by atoms with Crippen LogP contribution in [0, 0.1) is 5.82 Å². The number of amides is 2. The Balaban J connectivity index is 1.55. The van der Waals surface area contributed by atoms with Crippen LogP contribution in [0.4, 0.5) is 4.39 Å². The molecule has 3 aromatic carbocycles. The number of esters is 1. The van der Waals surface area contributed by atoms with Gasteiger partial charge in [0.15, 0.2) is 11.5 Å². The smallest absolute Gasteiger partial charge is 0.344 e. The highest BCUT2D eigenvalue weighted by atomic mass is 79.9. The second-order valence-corrected chi connectivity index (χ2v) is 7.62. The van der Waals surface area contributed by atoms with Crippen LogP contribution in [0.3, 0.4) is 0 Å². The largest absolute Gasteiger partial charge is 0.493 e. The third-order valence-corrected chi connectivity index (χ3v) is 5.07. The van der Waals surface area contributed by atoms with E-state index in [1.165, 1.54) is 37.6 Å². The lowest BCUT2D eigenvalue weighted by atomic mass is 10.2. The van der Waals surface area contributed by atoms with Crippen molar-refractivity contribution in [3.8, 4) is 11.5 Å². The van der Waals surface area contributed by atoms with Crippen LogP contribution in [0.25, 0.3) is 0 Å². The van der Waals surface area contributed by atoms with E-state index in [0.717, 1.165) is 6.07 Å². The first-order chi connectivity index (χ1) is 16.4. The summed E-state index contributed by atoms with van der Waals surface area (Å²) in [5.74, 6) is -1.77. The van der Waals surface area contributed by atoms with Gasteiger partial charge in [0.1, 0.15) is 5.82 Å². The van der Waals surface area contributed by atoms with Gasteiger partial charge in [0.05, 0.1) is 25.4 Å². The Morgan fingerprint density at radius 2 is 1.82 bits per heavy atom. The molecule has 0 aliphatic heterocycles. The van der Waals surface area contributed by atoms with E-state index in [9.17, 15) is 18.8 Å². The van der Waals surface area contributed by atoms with E-state index >= 15 is 0 Å². The predicted molar refractivity (Wildman–Crippen MR) is 127 cm³/mol. The van der Waals surface area contributed by atoms with Gasteiger partial charge < -0.3 is 14.8 Å². The molecule has 0 fully saturated rings. The summed E-state index contributed by atoms with van der Waals surface area (Å²) in [4.78, 5) is 36.3. The quantitative estimate of drug-likeness (QED) is 0.201. The van der Waals surface area contributed by atoms with E-state index in [2.05, 4.69) is 31.8 Å². The minimum absolute atomic E-state index is 0.101. The summed E-state index contributed by atoms with van der Waals surface area (Å²) in [5, 5.41) is 6.20. The lowest BCUT2D eigenvalue weighted by Gasteiger charge is -2.10. The summed E-state index contributed by atoms with van der Waals surface area (Å²) in [5.41, 5.74) is 3.29. The zero-order valence-corrected chi connectivity index (χ0v) is 19.5. The highest BCUT2D eigenvalue weighted by Crippen LogP contribution is 2.29. The molecular formula is C24H19BrFN3O5. The zero-order chi connectivity index (χ0) is 24.5. The first-order valence-corrected chi connectivity index (χ1v) is 10.7. The van der Waals surface area contributed by atoms with Gasteiger partial charge in [-0.1, -0.05) is 18.2 Å². The number of methoxy groups -OCH3 is 1. The van der Waals surface area contributed by atoms with Crippen LogP contribution in [0.2, 0.25) is 0 Å². The van der Waals surface area contributed by atoms with Crippen molar-refractivity contribution >= 4 is 39.9 Å². The van der Waals surface area contributed by atoms with E-state index in [1.807, 2.05) is 0 Å². The van der Waals surface area contributed by atoms with E-state index in [4.69, 9.17) is 9.47 Å². The average Bonchev–Trinajstić information content (AvgIpc) is 2.83. The molecule has 0 aliphatic rings. The summed E-state index contributed by atoms with van der Waals surface area (Å²) >= 11 is 3.31. The van der Waals surface area contributed by atoms with E-state index in [1.54, 1.807) is 36.4 Å². The topological polar surface area (TPSA) is 106 Å². The van der Waals surface area contributed by atoms with Crippen LogP contribution < -0.4 is 20.2 Å². The molecule has 2 amide bonds. The molecule has 0 unspecified atom stereocenters. The van der Waals surface area contributed by atoms with Crippen LogP contribution in [0.1, 0.15) is 26.3 Å². The molecule has 3 aromatic rings. The molecule has 0 aromatic heterocycles. The van der Waals surface area contributed by atoms with Crippen molar-refractivity contribution in [2.45, 2.75) is 0 Å². The van der Waals surface area contributed by atoms with Gasteiger partial charge >= 0.3 is 5.97 Å². The Bertz CT molecular complexity index is 1250. The van der Waals surface area contributed by atoms with Gasteiger partial charge in [0, 0.05) is 10.0 Å². The highest BCUT2D eigenvalue weighted by molar-refractivity contribution is 9.10. The minimum Gasteiger partial charge on any atom is -0.493 e. The lowest BCUT2D eigenvalue weighted by molar-refractivity contribution is -0.120. The molecule has 10 heteroatoms. The lowest BCUT2D eigenvalue weighted by Crippen LogP contribution is -2.34. The molecule has 174 valence electrons. The van der Waals surface area contributed by atoms with Crippen LogP contribution in [0.15, 0.2) is 76.3 Å². The molecule has 8 nitrogen and oxygen atoms in total. The monoisotopic (exact) mass is 527 g/mol. The van der Waals surface area contributed by atoms with Gasteiger partial charge in [0.25, 0.3) is 11.8 Å². The number of carbonyl (C=O) groups is 3. The molecule has 0 heterocycles. The van der Waals surface area contributed by atoms with Crippen molar-refractivity contribution < 1.29 is 28.2 Å². The van der Waals surface area contributed by atoms with Crippen molar-refractivity contribution in [3.63, 3.8) is 0 Å². The maximum atomic E-state index is 13.2. The van der Waals surface area contributed by atoms with Crippen LogP contribution >= 0.6 is 15.9 Å². The second-order valence-electron chi connectivity index (χ2n) is 6.77. The number of hydrogen-bond acceptors (Lipinski definition) is 6. The Hall–Kier alpha value is -4.05. The number of ether oxygens (including phenoxy) is 2. The fourth-order valence-electron chi connectivity index (χ4n) is 2.74. The maximum absolute atomic E-state index is 13.2. The van der Waals surface area contributed by atoms with Crippen LogP contribution in [-0.4, -0.2) is 37.7 Å². The SMILES string of the molecule is COc1cc(C=NNC(=O)CNC(=O)c2cccc(F)c2)ccc1OC(=O)c1ccccc1Br. The minimum atomic E-state index is -0.587. The fourth-order valence-corrected chi connectivity index (χ4v) is 3.19. The Morgan fingerprint density at radius 3 is 2.56 bits per heavy atom. The molecule has 3 rings (SSSR count). The number of halogens is 2. The number of nitrogens with zero attached hydrogens (tertiary/aromatic N) is 1. The van der Waals surface area contributed by atoms with Gasteiger partial charge in [-0.15, -0.1) is 0 Å². The van der Waals surface area contributed by atoms with Crippen molar-refractivity contribution in [1.29, 1.82) is 0 Å². The normalized spacial score (nSPS) is 10.6. The molecule has 34 heavy (non-hydrogen) atoms. The zero-order valence-electron chi connectivity index (χ0n) is 17.9. The number of rotatable bonds is 8. The first kappa shape index (κ1) is 24.6. The molecule has 2 N–H and O–H groups in total. The molecule has 0 spiro atoms. The van der Waals surface area contributed by atoms with Gasteiger partial charge in [-0.3, -0.25) is 9.59 Å². The Morgan fingerprint density at radius 1 is 1.03 bits per heavy atom. The van der Waals surface area contributed by atoms with Crippen molar-refractivity contribution in [1.82, 2.24) is 10.7 Å². The van der Waals surface area contributed by atoms with Crippen molar-refractivity contribution in [2.24, 2.45) is 5.10 Å². The fraction of sp³-hybridized carbons (Fsp3) is 0.0833. The third kappa shape index (κ3) is 6.72. The average molecular weight is 528 g/mol. The molecular weight excluding hydrogens is 509 g/mol. The van der Waals surface area contributed by atoms with Gasteiger partial charge in [0.2, 0.25) is 0 Å². The van der Waals surface area contributed by atoms with Gasteiger partial charge in [-0.25, -0.2) is 14.6 Å². The molecule has 0 saturated carbocycles. The first-order valence-electron chi connectivity index (χ1n) is 9.88. The standard InChI is InChI=1S/C24H19BrFN3O5/c1-33-21-11-15(9-10-20(21)34-24(32)18-7-2-3-8-19(18)25)13-28-29-22(30)14-27-23(31)16-5-4-6-17(26)12-16/h2-13H,14H2,1H3,(H,27,31)(H,29,30). The van der Waals surface area contributed by atoms with Gasteiger partial charge in [-0.05, 0) is 70.0 Å². The molecule has 0 saturated heterocycles. The summed E-state index contributed by atoms with van der Waals surface area (Å²) in [6.07, 6.45) is 1.36. The molecule has 0 radical (unpaired) electrons. The number of benzene rings is 3. The molecule has 0 atom stereocenters. The third-order valence-electron chi connectivity index (χ3n) is 4.38. The highest BCUT2D eigenvalue weighted by Gasteiger charge is 2.15. The van der Waals surface area contributed by atoms with Gasteiger partial charge in [-0.2, -0.15) is 5.10 Å². The summed E-state index contributed by atoms with van der Waals surface area (Å²) in [7, 11) is 1.43. The summed E-state index contributed by atoms with van der Waals surface area (Å²) in [6, 6.07) is 16.7. The summed E-state index contributed by atoms with van der Waals surface area (Å²) < 4.78 is 24.5. The molecule has 0 bridgehead atoms. The van der Waals surface area contributed by atoms with Crippen LogP contribution in [0.5, 0.6) is 11.5 Å². The number of nitrogens with one attached hydrogen (secondary N) is 2. The summed E-state index contributed by atoms with van der Waals surface area (Å²) in [6.45, 7) is -0.347. The van der Waals surface area contributed by atoms with Crippen molar-refractivity contribution in [3.05, 3.63) is 93.7 Å². The number of carbonyl (C=O) groups excluding carboxylic acids is 3. The van der Waals surface area contributed by atoms with Crippen molar-refractivity contribution in [2.75, 3.05) is 13.7 Å². The second kappa shape index (κ2) is 11.7. The Labute approximate surface area is 202 Å². The van der Waals surface area contributed by atoms with E-state index in [-0.39, 0.29) is 23.6 Å². The predicted octanol–water partition coefficient (Wildman–Crippen LogP) is 3.70.